The van der Waals surface area contributed by atoms with E-state index in [4.69, 9.17) is 25.1 Å². The molecular weight excluding hydrogens is 320 g/mol. The zero-order valence-electron chi connectivity index (χ0n) is 15.7. The van der Waals surface area contributed by atoms with E-state index in [1.807, 2.05) is 13.0 Å². The van der Waals surface area contributed by atoms with Crippen molar-refractivity contribution in [1.82, 2.24) is 0 Å². The lowest BCUT2D eigenvalue weighted by molar-refractivity contribution is -0.142. The van der Waals surface area contributed by atoms with Gasteiger partial charge >= 0.3 is 0 Å². The van der Waals surface area contributed by atoms with Crippen LogP contribution in [0.25, 0.3) is 0 Å². The first-order chi connectivity index (χ1) is 12.0. The highest BCUT2D eigenvalue weighted by Crippen LogP contribution is 2.40. The van der Waals surface area contributed by atoms with Crippen molar-refractivity contribution in [3.8, 4) is 0 Å². The van der Waals surface area contributed by atoms with Crippen LogP contribution in [-0.2, 0) is 19.6 Å². The molecule has 0 saturated carbocycles. The van der Waals surface area contributed by atoms with Crippen LogP contribution in [0.5, 0.6) is 0 Å². The Morgan fingerprint density at radius 2 is 2.04 bits per heavy atom. The van der Waals surface area contributed by atoms with E-state index in [1.54, 1.807) is 0 Å². The molecule has 1 atom stereocenters. The van der Waals surface area contributed by atoms with E-state index in [-0.39, 0.29) is 18.3 Å². The quantitative estimate of drug-likeness (QED) is 0.382. The number of nitrogens with two attached hydrogens (primary N) is 1. The second-order valence-corrected chi connectivity index (χ2v) is 6.95. The molecule has 1 heterocycles. The molecule has 1 aliphatic heterocycles. The molecule has 0 spiro atoms. The lowest BCUT2D eigenvalue weighted by atomic mass is 9.77. The fourth-order valence-corrected chi connectivity index (χ4v) is 3.16. The van der Waals surface area contributed by atoms with Gasteiger partial charge in [0, 0.05) is 24.5 Å². The summed E-state index contributed by atoms with van der Waals surface area (Å²) in [5, 5.41) is 8.72. The SMILES string of the molecule is CCOC(CN1CCC(C)(C)c2cc(N)ccc21)OCCOCCO. The maximum absolute atomic E-state index is 8.72. The Labute approximate surface area is 150 Å². The van der Waals surface area contributed by atoms with Gasteiger partial charge in [-0.05, 0) is 42.5 Å². The van der Waals surface area contributed by atoms with Gasteiger partial charge in [0.05, 0.1) is 33.0 Å². The van der Waals surface area contributed by atoms with Crippen LogP contribution in [0.15, 0.2) is 18.2 Å². The van der Waals surface area contributed by atoms with Crippen LogP contribution in [0, 0.1) is 0 Å². The molecule has 0 aromatic heterocycles. The van der Waals surface area contributed by atoms with Crippen LogP contribution in [0.3, 0.4) is 0 Å². The molecule has 1 aromatic rings. The molecule has 1 aromatic carbocycles. The number of benzene rings is 1. The van der Waals surface area contributed by atoms with Gasteiger partial charge in [-0.2, -0.15) is 0 Å². The molecule has 2 rings (SSSR count). The Morgan fingerprint density at radius 1 is 1.24 bits per heavy atom. The average molecular weight is 352 g/mol. The minimum Gasteiger partial charge on any atom is -0.399 e. The summed E-state index contributed by atoms with van der Waals surface area (Å²) in [6.07, 6.45) is 0.747. The summed E-state index contributed by atoms with van der Waals surface area (Å²) >= 11 is 0. The summed E-state index contributed by atoms with van der Waals surface area (Å²) in [5.74, 6) is 0. The molecule has 0 saturated heterocycles. The van der Waals surface area contributed by atoms with Gasteiger partial charge in [-0.1, -0.05) is 13.8 Å². The van der Waals surface area contributed by atoms with Crippen molar-refractivity contribution in [1.29, 1.82) is 0 Å². The number of hydrogen-bond donors (Lipinski definition) is 2. The number of aliphatic hydroxyl groups excluding tert-OH is 1. The second-order valence-electron chi connectivity index (χ2n) is 6.95. The number of anilines is 2. The monoisotopic (exact) mass is 352 g/mol. The maximum atomic E-state index is 8.72. The van der Waals surface area contributed by atoms with Crippen molar-refractivity contribution in [3.05, 3.63) is 23.8 Å². The number of fused-ring (bicyclic) bond motifs is 1. The summed E-state index contributed by atoms with van der Waals surface area (Å²) in [4.78, 5) is 2.31. The minimum absolute atomic E-state index is 0.0262. The summed E-state index contributed by atoms with van der Waals surface area (Å²) in [6, 6.07) is 6.13. The number of nitrogen functional groups attached to an aromatic ring is 1. The highest BCUT2D eigenvalue weighted by Gasteiger charge is 2.32. The predicted octanol–water partition coefficient (Wildman–Crippen LogP) is 2.14. The highest BCUT2D eigenvalue weighted by atomic mass is 16.7. The van der Waals surface area contributed by atoms with Crippen LogP contribution in [0.4, 0.5) is 11.4 Å². The lowest BCUT2D eigenvalue weighted by Crippen LogP contribution is -2.43. The molecule has 1 unspecified atom stereocenters. The van der Waals surface area contributed by atoms with Crippen LogP contribution < -0.4 is 10.6 Å². The van der Waals surface area contributed by atoms with Gasteiger partial charge in [-0.25, -0.2) is 0 Å². The van der Waals surface area contributed by atoms with E-state index in [0.717, 1.165) is 18.7 Å². The first kappa shape index (κ1) is 20.0. The zero-order chi connectivity index (χ0) is 18.3. The van der Waals surface area contributed by atoms with Gasteiger partial charge in [0.2, 0.25) is 0 Å². The Bertz CT molecular complexity index is 536. The van der Waals surface area contributed by atoms with Crippen molar-refractivity contribution in [2.24, 2.45) is 0 Å². The number of hydrogen-bond acceptors (Lipinski definition) is 6. The maximum Gasteiger partial charge on any atom is 0.174 e. The van der Waals surface area contributed by atoms with Crippen LogP contribution >= 0.6 is 0 Å². The summed E-state index contributed by atoms with van der Waals surface area (Å²) < 4.78 is 16.8. The van der Waals surface area contributed by atoms with Crippen LogP contribution in [0.2, 0.25) is 0 Å². The van der Waals surface area contributed by atoms with Gasteiger partial charge in [-0.15, -0.1) is 0 Å². The second kappa shape index (κ2) is 9.38. The van der Waals surface area contributed by atoms with Gasteiger partial charge < -0.3 is 30.0 Å². The molecule has 1 aliphatic rings. The third kappa shape index (κ3) is 5.57. The third-order valence-electron chi connectivity index (χ3n) is 4.59. The molecule has 0 aliphatic carbocycles. The number of ether oxygens (including phenoxy) is 3. The summed E-state index contributed by atoms with van der Waals surface area (Å²) in [5.41, 5.74) is 9.40. The Balaban J connectivity index is 2.01. The summed E-state index contributed by atoms with van der Waals surface area (Å²) in [7, 11) is 0. The Hall–Kier alpha value is -1.34. The fraction of sp³-hybridized carbons (Fsp3) is 0.684. The fourth-order valence-electron chi connectivity index (χ4n) is 3.16. The highest BCUT2D eigenvalue weighted by molar-refractivity contribution is 5.63. The molecular formula is C19H32N2O4. The van der Waals surface area contributed by atoms with E-state index < -0.39 is 0 Å². The van der Waals surface area contributed by atoms with Crippen LogP contribution in [0.1, 0.15) is 32.8 Å². The molecule has 0 radical (unpaired) electrons. The standard InChI is InChI=1S/C19H32N2O4/c1-4-24-18(25-12-11-23-10-9-22)14-21-8-7-19(2,3)16-13-15(20)5-6-17(16)21/h5-6,13,18,22H,4,7-12,14,20H2,1-3H3. The van der Waals surface area contributed by atoms with Crippen molar-refractivity contribution < 1.29 is 19.3 Å². The normalized spacial score (nSPS) is 17.4. The van der Waals surface area contributed by atoms with Gasteiger partial charge in [-0.3, -0.25) is 0 Å². The number of aliphatic hydroxyl groups is 1. The molecule has 6 nitrogen and oxygen atoms in total. The Kier molecular flexibility index (Phi) is 7.50. The van der Waals surface area contributed by atoms with E-state index in [9.17, 15) is 0 Å². The van der Waals surface area contributed by atoms with Crippen molar-refractivity contribution in [2.75, 3.05) is 56.8 Å². The first-order valence-corrected chi connectivity index (χ1v) is 9.04. The third-order valence-corrected chi connectivity index (χ3v) is 4.59. The molecule has 142 valence electrons. The molecule has 0 fully saturated rings. The topological polar surface area (TPSA) is 77.2 Å². The van der Waals surface area contributed by atoms with Crippen molar-refractivity contribution in [2.45, 2.75) is 38.9 Å². The smallest absolute Gasteiger partial charge is 0.174 e. The van der Waals surface area contributed by atoms with Crippen molar-refractivity contribution in [3.63, 3.8) is 0 Å². The molecule has 3 N–H and O–H groups in total. The molecule has 25 heavy (non-hydrogen) atoms. The minimum atomic E-state index is -0.311. The van der Waals surface area contributed by atoms with E-state index in [0.29, 0.717) is 33.0 Å². The van der Waals surface area contributed by atoms with Crippen molar-refractivity contribution >= 4 is 11.4 Å². The average Bonchev–Trinajstić information content (AvgIpc) is 2.57. The summed E-state index contributed by atoms with van der Waals surface area (Å²) in [6.45, 7) is 9.95. The van der Waals surface area contributed by atoms with E-state index in [1.165, 1.54) is 11.3 Å². The Morgan fingerprint density at radius 3 is 2.76 bits per heavy atom. The molecule has 0 amide bonds. The largest absolute Gasteiger partial charge is 0.399 e. The van der Waals surface area contributed by atoms with E-state index >= 15 is 0 Å². The number of rotatable bonds is 10. The molecule has 6 heteroatoms. The first-order valence-electron chi connectivity index (χ1n) is 9.04. The predicted molar refractivity (Wildman–Crippen MR) is 100.0 cm³/mol. The van der Waals surface area contributed by atoms with Gasteiger partial charge in [0.1, 0.15) is 0 Å². The van der Waals surface area contributed by atoms with Crippen LogP contribution in [-0.4, -0.2) is 57.5 Å². The van der Waals surface area contributed by atoms with E-state index in [2.05, 4.69) is 30.9 Å². The lowest BCUT2D eigenvalue weighted by Gasteiger charge is -2.41. The van der Waals surface area contributed by atoms with Gasteiger partial charge in [0.25, 0.3) is 0 Å². The number of nitrogens with zero attached hydrogens (tertiary/aromatic N) is 1. The molecule has 0 bridgehead atoms. The zero-order valence-corrected chi connectivity index (χ0v) is 15.7. The van der Waals surface area contributed by atoms with Gasteiger partial charge in [0.15, 0.2) is 6.29 Å².